The average Bonchev–Trinajstić information content (AvgIpc) is 2.34. The molecule has 0 radical (unpaired) electrons. The smallest absolute Gasteiger partial charge is 0.320 e. The van der Waals surface area contributed by atoms with Crippen molar-refractivity contribution in [3.05, 3.63) is 12.2 Å². The van der Waals surface area contributed by atoms with E-state index >= 15 is 0 Å². The molecule has 66 valence electrons. The van der Waals surface area contributed by atoms with Gasteiger partial charge in [0, 0.05) is 0 Å². The van der Waals surface area contributed by atoms with Crippen molar-refractivity contribution in [1.82, 2.24) is 0 Å². The molecule has 0 aromatic rings. The maximum atomic E-state index is 11.3. The lowest BCUT2D eigenvalue weighted by atomic mass is 9.87. The summed E-state index contributed by atoms with van der Waals surface area (Å²) in [5.74, 6) is -0.569. The Balaban J connectivity index is 2.73. The molecule has 0 N–H and O–H groups in total. The Morgan fingerprint density at radius 1 is 1.75 bits per heavy atom. The molecule has 0 aromatic heterocycles. The molecule has 0 aromatic carbocycles. The van der Waals surface area contributed by atoms with Crippen LogP contribution in [0.3, 0.4) is 0 Å². The molecule has 0 amide bonds. The van der Waals surface area contributed by atoms with Crippen molar-refractivity contribution < 1.29 is 14.3 Å². The van der Waals surface area contributed by atoms with Crippen LogP contribution in [0.4, 0.5) is 0 Å². The van der Waals surface area contributed by atoms with Crippen LogP contribution in [0.25, 0.3) is 0 Å². The van der Waals surface area contributed by atoms with Gasteiger partial charge in [-0.2, -0.15) is 0 Å². The highest BCUT2D eigenvalue weighted by Gasteiger charge is 2.42. The Morgan fingerprint density at radius 3 is 2.83 bits per heavy atom. The lowest BCUT2D eigenvalue weighted by Gasteiger charge is -2.18. The van der Waals surface area contributed by atoms with Gasteiger partial charge in [0.1, 0.15) is 5.41 Å². The number of hydrogen-bond donors (Lipinski definition) is 0. The number of carbonyl (C=O) groups excluding carboxylic acids is 2. The van der Waals surface area contributed by atoms with Crippen LogP contribution in [-0.2, 0) is 14.3 Å². The Labute approximate surface area is 71.4 Å². The molecule has 1 aliphatic carbocycles. The predicted octanol–water partition coefficient (Wildman–Crippen LogP) is 1.08. The standard InChI is InChI=1S/C9H12O3/c1-3-12-8(11)9(2)6-4-5-7(9)10/h4-5H,3,6H2,1-2H3/t9-/m0/s1. The maximum absolute atomic E-state index is 11.3. The van der Waals surface area contributed by atoms with Gasteiger partial charge in [-0.15, -0.1) is 0 Å². The van der Waals surface area contributed by atoms with Crippen molar-refractivity contribution >= 4 is 11.8 Å². The van der Waals surface area contributed by atoms with Gasteiger partial charge in [-0.05, 0) is 26.3 Å². The SMILES string of the molecule is CCOC(=O)[C@@]1(C)CC=CC1=O. The molecular weight excluding hydrogens is 156 g/mol. The lowest BCUT2D eigenvalue weighted by molar-refractivity contribution is -0.156. The van der Waals surface area contributed by atoms with Gasteiger partial charge in [0.15, 0.2) is 5.78 Å². The van der Waals surface area contributed by atoms with Crippen molar-refractivity contribution in [2.75, 3.05) is 6.61 Å². The molecule has 0 saturated carbocycles. The Morgan fingerprint density at radius 2 is 2.42 bits per heavy atom. The summed E-state index contributed by atoms with van der Waals surface area (Å²) in [6.45, 7) is 3.67. The first-order chi connectivity index (χ1) is 5.61. The number of rotatable bonds is 2. The zero-order valence-electron chi connectivity index (χ0n) is 7.29. The normalized spacial score (nSPS) is 27.7. The second-order valence-electron chi connectivity index (χ2n) is 3.02. The topological polar surface area (TPSA) is 43.4 Å². The van der Waals surface area contributed by atoms with Crippen LogP contribution >= 0.6 is 0 Å². The highest BCUT2D eigenvalue weighted by molar-refractivity contribution is 6.10. The fourth-order valence-corrected chi connectivity index (χ4v) is 1.16. The summed E-state index contributed by atoms with van der Waals surface area (Å²) >= 11 is 0. The fourth-order valence-electron chi connectivity index (χ4n) is 1.16. The van der Waals surface area contributed by atoms with E-state index in [0.717, 1.165) is 0 Å². The summed E-state index contributed by atoms with van der Waals surface area (Å²) in [7, 11) is 0. The van der Waals surface area contributed by atoms with Crippen LogP contribution in [0.15, 0.2) is 12.2 Å². The fraction of sp³-hybridized carbons (Fsp3) is 0.556. The number of allylic oxidation sites excluding steroid dienone is 2. The molecule has 0 aliphatic heterocycles. The van der Waals surface area contributed by atoms with Crippen LogP contribution < -0.4 is 0 Å². The molecule has 0 heterocycles. The molecule has 0 fully saturated rings. The van der Waals surface area contributed by atoms with E-state index < -0.39 is 11.4 Å². The third-order valence-electron chi connectivity index (χ3n) is 2.07. The Bertz CT molecular complexity index is 242. The van der Waals surface area contributed by atoms with Gasteiger partial charge < -0.3 is 4.74 Å². The average molecular weight is 168 g/mol. The van der Waals surface area contributed by atoms with Gasteiger partial charge in [0.2, 0.25) is 0 Å². The van der Waals surface area contributed by atoms with Gasteiger partial charge in [0.25, 0.3) is 0 Å². The minimum Gasteiger partial charge on any atom is -0.465 e. The minimum atomic E-state index is -0.948. The number of ether oxygens (including phenoxy) is 1. The van der Waals surface area contributed by atoms with E-state index in [2.05, 4.69) is 0 Å². The molecule has 1 atom stereocenters. The molecule has 0 bridgehead atoms. The Hall–Kier alpha value is -1.12. The maximum Gasteiger partial charge on any atom is 0.320 e. The van der Waals surface area contributed by atoms with E-state index in [9.17, 15) is 9.59 Å². The van der Waals surface area contributed by atoms with E-state index in [-0.39, 0.29) is 5.78 Å². The summed E-state index contributed by atoms with van der Waals surface area (Å²) < 4.78 is 4.80. The number of ketones is 1. The summed E-state index contributed by atoms with van der Waals surface area (Å²) in [6.07, 6.45) is 3.61. The lowest BCUT2D eigenvalue weighted by Crippen LogP contribution is -2.34. The zero-order chi connectivity index (χ0) is 9.19. The van der Waals surface area contributed by atoms with E-state index in [1.165, 1.54) is 6.08 Å². The van der Waals surface area contributed by atoms with Gasteiger partial charge in [-0.1, -0.05) is 6.08 Å². The van der Waals surface area contributed by atoms with Gasteiger partial charge >= 0.3 is 5.97 Å². The molecule has 3 heteroatoms. The highest BCUT2D eigenvalue weighted by Crippen LogP contribution is 2.30. The van der Waals surface area contributed by atoms with E-state index in [0.29, 0.717) is 13.0 Å². The molecule has 12 heavy (non-hydrogen) atoms. The van der Waals surface area contributed by atoms with Crippen LogP contribution in [0.2, 0.25) is 0 Å². The monoisotopic (exact) mass is 168 g/mol. The number of carbonyl (C=O) groups is 2. The second kappa shape index (κ2) is 3.09. The molecule has 1 rings (SSSR count). The van der Waals surface area contributed by atoms with Gasteiger partial charge in [0.05, 0.1) is 6.61 Å². The van der Waals surface area contributed by atoms with Crippen molar-refractivity contribution in [2.24, 2.45) is 5.41 Å². The van der Waals surface area contributed by atoms with Crippen molar-refractivity contribution in [3.8, 4) is 0 Å². The number of hydrogen-bond acceptors (Lipinski definition) is 3. The molecule has 3 nitrogen and oxygen atoms in total. The van der Waals surface area contributed by atoms with Crippen molar-refractivity contribution in [3.63, 3.8) is 0 Å². The summed E-state index contributed by atoms with van der Waals surface area (Å²) in [4.78, 5) is 22.5. The van der Waals surface area contributed by atoms with Crippen LogP contribution in [-0.4, -0.2) is 18.4 Å². The van der Waals surface area contributed by atoms with Gasteiger partial charge in [-0.3, -0.25) is 9.59 Å². The van der Waals surface area contributed by atoms with Crippen molar-refractivity contribution in [2.45, 2.75) is 20.3 Å². The molecule has 0 unspecified atom stereocenters. The molecule has 0 saturated heterocycles. The molecular formula is C9H12O3. The third-order valence-corrected chi connectivity index (χ3v) is 2.07. The third kappa shape index (κ3) is 1.26. The number of esters is 1. The highest BCUT2D eigenvalue weighted by atomic mass is 16.5. The van der Waals surface area contributed by atoms with Crippen LogP contribution in [0.5, 0.6) is 0 Å². The minimum absolute atomic E-state index is 0.152. The first-order valence-electron chi connectivity index (χ1n) is 3.99. The van der Waals surface area contributed by atoms with E-state index in [1.54, 1.807) is 19.9 Å². The second-order valence-corrected chi connectivity index (χ2v) is 3.02. The van der Waals surface area contributed by atoms with Crippen LogP contribution in [0, 0.1) is 5.41 Å². The van der Waals surface area contributed by atoms with E-state index in [4.69, 9.17) is 4.74 Å². The van der Waals surface area contributed by atoms with Crippen molar-refractivity contribution in [1.29, 1.82) is 0 Å². The largest absolute Gasteiger partial charge is 0.465 e. The summed E-state index contributed by atoms with van der Waals surface area (Å²) in [5.41, 5.74) is -0.948. The van der Waals surface area contributed by atoms with Crippen LogP contribution in [0.1, 0.15) is 20.3 Å². The molecule has 1 aliphatic rings. The summed E-state index contributed by atoms with van der Waals surface area (Å²) in [6, 6.07) is 0. The summed E-state index contributed by atoms with van der Waals surface area (Å²) in [5, 5.41) is 0. The van der Waals surface area contributed by atoms with Gasteiger partial charge in [-0.25, -0.2) is 0 Å². The quantitative estimate of drug-likeness (QED) is 0.458. The first kappa shape index (κ1) is 8.97. The van der Waals surface area contributed by atoms with E-state index in [1.807, 2.05) is 0 Å². The first-order valence-corrected chi connectivity index (χ1v) is 3.99. The zero-order valence-corrected chi connectivity index (χ0v) is 7.29. The molecule has 0 spiro atoms. The predicted molar refractivity (Wildman–Crippen MR) is 43.5 cm³/mol. The Kier molecular flexibility index (Phi) is 2.31.